The molecule has 0 aliphatic carbocycles. The monoisotopic (exact) mass is 278 g/mol. The Balaban J connectivity index is 1.92. The van der Waals surface area contributed by atoms with Gasteiger partial charge in [-0.25, -0.2) is 0 Å². The first kappa shape index (κ1) is 13.1. The molecule has 3 rings (SSSR count). The summed E-state index contributed by atoms with van der Waals surface area (Å²) in [4.78, 5) is 16.3. The number of furan rings is 1. The molecule has 1 amide bonds. The highest BCUT2D eigenvalue weighted by molar-refractivity contribution is 5.94. The fraction of sp³-hybridized carbons (Fsp3) is 0.0588. The fourth-order valence-electron chi connectivity index (χ4n) is 2.17. The molecule has 0 saturated carbocycles. The minimum atomic E-state index is -0.225. The van der Waals surface area contributed by atoms with Crippen LogP contribution in [0.3, 0.4) is 0 Å². The average Bonchev–Trinajstić information content (AvgIpc) is 3.09. The number of hydrogen-bond acceptors (Lipinski definition) is 3. The number of amides is 1. The first-order valence-corrected chi connectivity index (χ1v) is 6.62. The van der Waals surface area contributed by atoms with Gasteiger partial charge in [-0.15, -0.1) is 0 Å². The summed E-state index contributed by atoms with van der Waals surface area (Å²) in [6, 6.07) is 15.0. The van der Waals surface area contributed by atoms with E-state index in [4.69, 9.17) is 4.42 Å². The van der Waals surface area contributed by atoms with Crippen LogP contribution in [0.25, 0.3) is 0 Å². The summed E-state index contributed by atoms with van der Waals surface area (Å²) >= 11 is 0. The molecule has 1 N–H and O–H groups in total. The second-order valence-corrected chi connectivity index (χ2v) is 4.61. The summed E-state index contributed by atoms with van der Waals surface area (Å²) in [6.45, 7) is 0. The first-order chi connectivity index (χ1) is 10.3. The SMILES string of the molecule is O=C(N[C@H](c1ccccc1)c1ccncc1)c1ccoc1. The van der Waals surface area contributed by atoms with E-state index in [1.807, 2.05) is 42.5 Å². The van der Waals surface area contributed by atoms with Crippen molar-refractivity contribution >= 4 is 5.91 Å². The van der Waals surface area contributed by atoms with Crippen molar-refractivity contribution in [1.82, 2.24) is 10.3 Å². The van der Waals surface area contributed by atoms with E-state index in [9.17, 15) is 4.79 Å². The Morgan fingerprint density at radius 2 is 1.71 bits per heavy atom. The van der Waals surface area contributed by atoms with Crippen molar-refractivity contribution in [3.63, 3.8) is 0 Å². The summed E-state index contributed by atoms with van der Waals surface area (Å²) in [7, 11) is 0. The summed E-state index contributed by atoms with van der Waals surface area (Å²) in [5, 5.41) is 3.03. The molecule has 1 atom stereocenters. The molecule has 3 aromatic rings. The number of hydrogen-bond donors (Lipinski definition) is 1. The van der Waals surface area contributed by atoms with Gasteiger partial charge in [0.25, 0.3) is 5.91 Å². The second-order valence-electron chi connectivity index (χ2n) is 4.61. The Hall–Kier alpha value is -2.88. The quantitative estimate of drug-likeness (QED) is 0.797. The molecule has 2 aromatic heterocycles. The van der Waals surface area contributed by atoms with Crippen LogP contribution in [0.15, 0.2) is 77.9 Å². The summed E-state index contributed by atoms with van der Waals surface area (Å²) in [6.07, 6.45) is 6.35. The Morgan fingerprint density at radius 1 is 1.00 bits per heavy atom. The number of rotatable bonds is 4. The molecular weight excluding hydrogens is 264 g/mol. The molecule has 0 radical (unpaired) electrons. The van der Waals surface area contributed by atoms with Gasteiger partial charge >= 0.3 is 0 Å². The van der Waals surface area contributed by atoms with Crippen LogP contribution in [0.1, 0.15) is 27.5 Å². The van der Waals surface area contributed by atoms with Crippen LogP contribution >= 0.6 is 0 Å². The highest BCUT2D eigenvalue weighted by Crippen LogP contribution is 2.21. The van der Waals surface area contributed by atoms with Crippen molar-refractivity contribution in [3.8, 4) is 0 Å². The molecule has 104 valence electrons. The molecule has 0 saturated heterocycles. The van der Waals surface area contributed by atoms with Gasteiger partial charge in [-0.1, -0.05) is 30.3 Å². The van der Waals surface area contributed by atoms with Crippen molar-refractivity contribution < 1.29 is 9.21 Å². The first-order valence-electron chi connectivity index (χ1n) is 6.62. The van der Waals surface area contributed by atoms with E-state index in [1.54, 1.807) is 18.5 Å². The van der Waals surface area contributed by atoms with E-state index < -0.39 is 0 Å². The van der Waals surface area contributed by atoms with Gasteiger partial charge < -0.3 is 9.73 Å². The molecule has 21 heavy (non-hydrogen) atoms. The van der Waals surface area contributed by atoms with Gasteiger partial charge in [-0.05, 0) is 29.3 Å². The Labute approximate surface area is 122 Å². The maximum absolute atomic E-state index is 12.3. The van der Waals surface area contributed by atoms with Gasteiger partial charge in [0.2, 0.25) is 0 Å². The lowest BCUT2D eigenvalue weighted by molar-refractivity contribution is 0.0942. The number of pyridine rings is 1. The third-order valence-electron chi connectivity index (χ3n) is 3.23. The number of benzene rings is 1. The number of carbonyl (C=O) groups excluding carboxylic acids is 1. The summed E-state index contributed by atoms with van der Waals surface area (Å²) in [5.74, 6) is -0.172. The molecule has 2 heterocycles. The number of nitrogens with zero attached hydrogens (tertiary/aromatic N) is 1. The molecule has 1 aromatic carbocycles. The normalized spacial score (nSPS) is 11.8. The van der Waals surface area contributed by atoms with Crippen LogP contribution in [-0.2, 0) is 0 Å². The molecular formula is C17H14N2O2. The molecule has 0 bridgehead atoms. The Bertz CT molecular complexity index is 655. The van der Waals surface area contributed by atoms with Gasteiger partial charge in [-0.2, -0.15) is 0 Å². The van der Waals surface area contributed by atoms with Crippen molar-refractivity contribution in [3.05, 3.63) is 90.1 Å². The lowest BCUT2D eigenvalue weighted by Gasteiger charge is -2.19. The lowest BCUT2D eigenvalue weighted by atomic mass is 9.99. The van der Waals surface area contributed by atoms with E-state index in [0.29, 0.717) is 5.56 Å². The molecule has 0 aliphatic heterocycles. The molecule has 0 spiro atoms. The topological polar surface area (TPSA) is 55.1 Å². The average molecular weight is 278 g/mol. The summed E-state index contributed by atoms with van der Waals surface area (Å²) < 4.78 is 4.96. The molecule has 0 unspecified atom stereocenters. The van der Waals surface area contributed by atoms with Crippen molar-refractivity contribution in [1.29, 1.82) is 0 Å². The highest BCUT2D eigenvalue weighted by atomic mass is 16.3. The molecule has 4 heteroatoms. The predicted octanol–water partition coefficient (Wildman–Crippen LogP) is 3.19. The number of nitrogens with one attached hydrogen (secondary N) is 1. The van der Waals surface area contributed by atoms with Gasteiger partial charge in [0.15, 0.2) is 0 Å². The van der Waals surface area contributed by atoms with Crippen molar-refractivity contribution in [2.45, 2.75) is 6.04 Å². The number of aromatic nitrogens is 1. The van der Waals surface area contributed by atoms with Crippen LogP contribution in [0.4, 0.5) is 0 Å². The van der Waals surface area contributed by atoms with Crippen LogP contribution < -0.4 is 5.32 Å². The minimum absolute atomic E-state index is 0.172. The lowest BCUT2D eigenvalue weighted by Crippen LogP contribution is -2.29. The predicted molar refractivity (Wildman–Crippen MR) is 78.7 cm³/mol. The highest BCUT2D eigenvalue weighted by Gasteiger charge is 2.18. The zero-order valence-corrected chi connectivity index (χ0v) is 11.3. The maximum Gasteiger partial charge on any atom is 0.255 e. The smallest absolute Gasteiger partial charge is 0.255 e. The van der Waals surface area contributed by atoms with E-state index in [2.05, 4.69) is 10.3 Å². The molecule has 0 fully saturated rings. The maximum atomic E-state index is 12.3. The van der Waals surface area contributed by atoms with Crippen LogP contribution in [0, 0.1) is 0 Å². The third-order valence-corrected chi connectivity index (χ3v) is 3.23. The van der Waals surface area contributed by atoms with E-state index in [-0.39, 0.29) is 11.9 Å². The van der Waals surface area contributed by atoms with E-state index in [1.165, 1.54) is 12.5 Å². The van der Waals surface area contributed by atoms with E-state index >= 15 is 0 Å². The van der Waals surface area contributed by atoms with Crippen molar-refractivity contribution in [2.24, 2.45) is 0 Å². The number of carbonyl (C=O) groups is 1. The van der Waals surface area contributed by atoms with Gasteiger partial charge in [-0.3, -0.25) is 9.78 Å². The van der Waals surface area contributed by atoms with Crippen LogP contribution in [-0.4, -0.2) is 10.9 Å². The summed E-state index contributed by atoms with van der Waals surface area (Å²) in [5.41, 5.74) is 2.50. The van der Waals surface area contributed by atoms with E-state index in [0.717, 1.165) is 11.1 Å². The zero-order chi connectivity index (χ0) is 14.5. The van der Waals surface area contributed by atoms with Crippen LogP contribution in [0.2, 0.25) is 0 Å². The Morgan fingerprint density at radius 3 is 2.38 bits per heavy atom. The zero-order valence-electron chi connectivity index (χ0n) is 11.3. The minimum Gasteiger partial charge on any atom is -0.472 e. The van der Waals surface area contributed by atoms with Crippen LogP contribution in [0.5, 0.6) is 0 Å². The molecule has 4 nitrogen and oxygen atoms in total. The van der Waals surface area contributed by atoms with Gasteiger partial charge in [0.1, 0.15) is 6.26 Å². The Kier molecular flexibility index (Phi) is 3.78. The third kappa shape index (κ3) is 3.00. The standard InChI is InChI=1S/C17H14N2O2/c20-17(15-8-11-21-12-15)19-16(13-4-2-1-3-5-13)14-6-9-18-10-7-14/h1-12,16H,(H,19,20)/t16-/m1/s1. The largest absolute Gasteiger partial charge is 0.472 e. The van der Waals surface area contributed by atoms with Crippen molar-refractivity contribution in [2.75, 3.05) is 0 Å². The van der Waals surface area contributed by atoms with Gasteiger partial charge in [0, 0.05) is 12.4 Å². The second kappa shape index (κ2) is 6.05. The molecule has 0 aliphatic rings. The van der Waals surface area contributed by atoms with Gasteiger partial charge in [0.05, 0.1) is 17.9 Å². The fourth-order valence-corrected chi connectivity index (χ4v) is 2.17.